The molecular weight excluding hydrogens is 284 g/mol. The highest BCUT2D eigenvalue weighted by Crippen LogP contribution is 2.41. The zero-order valence-corrected chi connectivity index (χ0v) is 13.3. The Hall–Kier alpha value is -1.88. The van der Waals surface area contributed by atoms with Crippen molar-refractivity contribution < 1.29 is 23.5 Å². The van der Waals surface area contributed by atoms with E-state index in [-0.39, 0.29) is 24.5 Å². The summed E-state index contributed by atoms with van der Waals surface area (Å²) in [6.07, 6.45) is 6.84. The first-order valence-electron chi connectivity index (χ1n) is 7.41. The molecule has 2 atom stereocenters. The summed E-state index contributed by atoms with van der Waals surface area (Å²) < 4.78 is 16.0. The fraction of sp³-hybridized carbons (Fsp3) is 0.529. The standard InChI is InChI=1S/C17H22O5/c1-12(10-21-13(2)18)8-15(19)9-17(3)6-4-16(22-17)14-5-7-20-11-14/h5,7-8,11,16H,4,6,9-10H2,1-3H3/b12-8+/t16-,17-/m1/s1. The second kappa shape index (κ2) is 6.92. The number of esters is 1. The van der Waals surface area contributed by atoms with Crippen molar-refractivity contribution in [1.82, 2.24) is 0 Å². The summed E-state index contributed by atoms with van der Waals surface area (Å²) in [5.74, 6) is -0.366. The van der Waals surface area contributed by atoms with Gasteiger partial charge in [-0.15, -0.1) is 0 Å². The van der Waals surface area contributed by atoms with Crippen molar-refractivity contribution in [3.63, 3.8) is 0 Å². The molecule has 0 bridgehead atoms. The Labute approximate surface area is 130 Å². The van der Waals surface area contributed by atoms with Gasteiger partial charge in [0.25, 0.3) is 0 Å². The Bertz CT molecular complexity index is 558. The Balaban J connectivity index is 1.88. The summed E-state index contributed by atoms with van der Waals surface area (Å²) in [6, 6.07) is 1.89. The average Bonchev–Trinajstić information content (AvgIpc) is 3.05. The zero-order chi connectivity index (χ0) is 16.2. The SMILES string of the molecule is CC(=O)OC/C(C)=C/C(=O)C[C@@]1(C)CC[C@H](c2ccoc2)O1. The molecule has 0 aromatic carbocycles. The van der Waals surface area contributed by atoms with Crippen LogP contribution in [0.3, 0.4) is 0 Å². The predicted octanol–water partition coefficient (Wildman–Crippen LogP) is 3.36. The smallest absolute Gasteiger partial charge is 0.302 e. The van der Waals surface area contributed by atoms with Crippen LogP contribution in [-0.2, 0) is 19.1 Å². The Kier molecular flexibility index (Phi) is 5.19. The third-order valence-electron chi connectivity index (χ3n) is 3.74. The maximum absolute atomic E-state index is 12.1. The Morgan fingerprint density at radius 1 is 1.45 bits per heavy atom. The molecule has 0 N–H and O–H groups in total. The number of carbonyl (C=O) groups is 2. The predicted molar refractivity (Wildman–Crippen MR) is 80.2 cm³/mol. The van der Waals surface area contributed by atoms with Gasteiger partial charge in [0.05, 0.1) is 24.2 Å². The summed E-state index contributed by atoms with van der Waals surface area (Å²) in [6.45, 7) is 5.22. The van der Waals surface area contributed by atoms with Crippen LogP contribution in [0, 0.1) is 0 Å². The molecule has 1 aromatic heterocycles. The number of rotatable bonds is 6. The maximum Gasteiger partial charge on any atom is 0.302 e. The maximum atomic E-state index is 12.1. The van der Waals surface area contributed by atoms with E-state index in [9.17, 15) is 9.59 Å². The van der Waals surface area contributed by atoms with Crippen molar-refractivity contribution >= 4 is 11.8 Å². The molecule has 22 heavy (non-hydrogen) atoms. The van der Waals surface area contributed by atoms with Crippen LogP contribution in [0.4, 0.5) is 0 Å². The second-order valence-electron chi connectivity index (χ2n) is 6.07. The van der Waals surface area contributed by atoms with Gasteiger partial charge in [0.15, 0.2) is 5.78 Å². The minimum Gasteiger partial charge on any atom is -0.472 e. The second-order valence-corrected chi connectivity index (χ2v) is 6.07. The third kappa shape index (κ3) is 4.56. The number of carbonyl (C=O) groups excluding carboxylic acids is 2. The van der Waals surface area contributed by atoms with Crippen molar-refractivity contribution in [2.24, 2.45) is 0 Å². The van der Waals surface area contributed by atoms with E-state index >= 15 is 0 Å². The van der Waals surface area contributed by atoms with Crippen molar-refractivity contribution in [3.8, 4) is 0 Å². The highest BCUT2D eigenvalue weighted by molar-refractivity contribution is 5.91. The van der Waals surface area contributed by atoms with Crippen LogP contribution >= 0.6 is 0 Å². The molecule has 0 saturated carbocycles. The van der Waals surface area contributed by atoms with E-state index in [0.717, 1.165) is 24.0 Å². The van der Waals surface area contributed by atoms with Crippen LogP contribution in [0.1, 0.15) is 51.7 Å². The first kappa shape index (κ1) is 16.5. The molecule has 1 aromatic rings. The largest absolute Gasteiger partial charge is 0.472 e. The van der Waals surface area contributed by atoms with E-state index in [0.29, 0.717) is 6.42 Å². The summed E-state index contributed by atoms with van der Waals surface area (Å²) in [5, 5.41) is 0. The fourth-order valence-electron chi connectivity index (χ4n) is 2.67. The number of hydrogen-bond acceptors (Lipinski definition) is 5. The van der Waals surface area contributed by atoms with Gasteiger partial charge in [-0.3, -0.25) is 9.59 Å². The number of ketones is 1. The van der Waals surface area contributed by atoms with Crippen LogP contribution in [0.25, 0.3) is 0 Å². The van der Waals surface area contributed by atoms with E-state index in [1.165, 1.54) is 13.0 Å². The van der Waals surface area contributed by atoms with Gasteiger partial charge in [-0.25, -0.2) is 0 Å². The molecule has 2 rings (SSSR count). The number of allylic oxidation sites excluding steroid dienone is 1. The van der Waals surface area contributed by atoms with Crippen LogP contribution in [0.15, 0.2) is 34.7 Å². The fourth-order valence-corrected chi connectivity index (χ4v) is 2.67. The van der Waals surface area contributed by atoms with Crippen molar-refractivity contribution in [3.05, 3.63) is 35.8 Å². The molecule has 2 heterocycles. The molecule has 1 aliphatic rings. The van der Waals surface area contributed by atoms with Crippen LogP contribution in [0.2, 0.25) is 0 Å². The Morgan fingerprint density at radius 3 is 2.86 bits per heavy atom. The molecule has 0 radical (unpaired) electrons. The molecular formula is C17H22O5. The lowest BCUT2D eigenvalue weighted by atomic mass is 9.94. The molecule has 120 valence electrons. The van der Waals surface area contributed by atoms with E-state index in [4.69, 9.17) is 13.9 Å². The van der Waals surface area contributed by atoms with Crippen LogP contribution in [-0.4, -0.2) is 24.0 Å². The van der Waals surface area contributed by atoms with Gasteiger partial charge < -0.3 is 13.9 Å². The van der Waals surface area contributed by atoms with E-state index in [1.807, 2.05) is 13.0 Å². The summed E-state index contributed by atoms with van der Waals surface area (Å²) in [4.78, 5) is 22.9. The molecule has 5 nitrogen and oxygen atoms in total. The molecule has 1 fully saturated rings. The minimum absolute atomic E-state index is 0.0114. The molecule has 1 aliphatic heterocycles. The molecule has 0 spiro atoms. The number of hydrogen-bond donors (Lipinski definition) is 0. The zero-order valence-electron chi connectivity index (χ0n) is 13.3. The van der Waals surface area contributed by atoms with Gasteiger partial charge in [0.2, 0.25) is 0 Å². The van der Waals surface area contributed by atoms with E-state index in [2.05, 4.69) is 0 Å². The lowest BCUT2D eigenvalue weighted by molar-refractivity contribution is -0.140. The number of furan rings is 1. The highest BCUT2D eigenvalue weighted by atomic mass is 16.5. The molecule has 0 amide bonds. The van der Waals surface area contributed by atoms with Gasteiger partial charge in [0, 0.05) is 18.9 Å². The molecule has 0 unspecified atom stereocenters. The first-order chi connectivity index (χ1) is 10.4. The van der Waals surface area contributed by atoms with Crippen LogP contribution < -0.4 is 0 Å². The normalized spacial score (nSPS) is 25.2. The molecule has 1 saturated heterocycles. The van der Waals surface area contributed by atoms with Gasteiger partial charge in [0.1, 0.15) is 6.61 Å². The van der Waals surface area contributed by atoms with E-state index < -0.39 is 5.60 Å². The summed E-state index contributed by atoms with van der Waals surface area (Å²) >= 11 is 0. The Morgan fingerprint density at radius 2 is 2.23 bits per heavy atom. The first-order valence-corrected chi connectivity index (χ1v) is 7.41. The quantitative estimate of drug-likeness (QED) is 0.595. The summed E-state index contributed by atoms with van der Waals surface area (Å²) in [7, 11) is 0. The topological polar surface area (TPSA) is 65.7 Å². The average molecular weight is 306 g/mol. The number of ether oxygens (including phenoxy) is 2. The van der Waals surface area contributed by atoms with Crippen molar-refractivity contribution in [2.75, 3.05) is 6.61 Å². The monoisotopic (exact) mass is 306 g/mol. The van der Waals surface area contributed by atoms with Crippen LogP contribution in [0.5, 0.6) is 0 Å². The minimum atomic E-state index is -0.461. The van der Waals surface area contributed by atoms with Gasteiger partial charge in [-0.1, -0.05) is 0 Å². The highest BCUT2D eigenvalue weighted by Gasteiger charge is 2.38. The lowest BCUT2D eigenvalue weighted by Crippen LogP contribution is -2.26. The van der Waals surface area contributed by atoms with Gasteiger partial charge in [-0.05, 0) is 44.4 Å². The van der Waals surface area contributed by atoms with Crippen molar-refractivity contribution in [2.45, 2.75) is 51.7 Å². The van der Waals surface area contributed by atoms with Gasteiger partial charge >= 0.3 is 5.97 Å². The van der Waals surface area contributed by atoms with Gasteiger partial charge in [-0.2, -0.15) is 0 Å². The summed E-state index contributed by atoms with van der Waals surface area (Å²) in [5.41, 5.74) is 1.28. The molecule has 0 aliphatic carbocycles. The lowest BCUT2D eigenvalue weighted by Gasteiger charge is -2.23. The third-order valence-corrected chi connectivity index (χ3v) is 3.74. The molecule has 5 heteroatoms. The van der Waals surface area contributed by atoms with Crippen molar-refractivity contribution in [1.29, 1.82) is 0 Å². The van der Waals surface area contributed by atoms with E-state index in [1.54, 1.807) is 19.5 Å².